The molecule has 22 heavy (non-hydrogen) atoms. The molecular weight excluding hydrogens is 391 g/mol. The van der Waals surface area contributed by atoms with Gasteiger partial charge < -0.3 is 15.1 Å². The number of likely N-dealkylation sites (tertiary alicyclic amines) is 1. The SMILES string of the molecule is CN1CCN=C1NCC1CC(=O)N(Cc2ccccc2)C1.I. The van der Waals surface area contributed by atoms with Crippen LogP contribution in [-0.2, 0) is 11.3 Å². The lowest BCUT2D eigenvalue weighted by Gasteiger charge is -2.19. The first-order valence-corrected chi connectivity index (χ1v) is 7.53. The van der Waals surface area contributed by atoms with Gasteiger partial charge in [-0.3, -0.25) is 9.79 Å². The zero-order chi connectivity index (χ0) is 14.7. The molecular formula is C16H23IN4O. The standard InChI is InChI=1S/C16H22N4O.HI/c1-19-8-7-17-16(19)18-10-14-9-15(21)20(12-14)11-13-5-3-2-4-6-13;/h2-6,14H,7-12H2,1H3,(H,17,18);1H. The number of amides is 1. The molecule has 3 rings (SSSR count). The number of carbonyl (C=O) groups is 1. The first kappa shape index (κ1) is 17.1. The Bertz CT molecular complexity index is 534. The van der Waals surface area contributed by atoms with Crippen molar-refractivity contribution in [3.63, 3.8) is 0 Å². The van der Waals surface area contributed by atoms with Crippen LogP contribution in [0.25, 0.3) is 0 Å². The van der Waals surface area contributed by atoms with E-state index in [2.05, 4.69) is 27.3 Å². The van der Waals surface area contributed by atoms with E-state index < -0.39 is 0 Å². The maximum atomic E-state index is 12.1. The van der Waals surface area contributed by atoms with Gasteiger partial charge in [-0.15, -0.1) is 24.0 Å². The molecule has 2 aliphatic rings. The second-order valence-electron chi connectivity index (χ2n) is 5.84. The fourth-order valence-corrected chi connectivity index (χ4v) is 2.91. The Labute approximate surface area is 148 Å². The van der Waals surface area contributed by atoms with E-state index in [1.165, 1.54) is 5.56 Å². The molecule has 1 saturated heterocycles. The molecule has 6 heteroatoms. The van der Waals surface area contributed by atoms with Crippen molar-refractivity contribution in [3.05, 3.63) is 35.9 Å². The topological polar surface area (TPSA) is 47.9 Å². The van der Waals surface area contributed by atoms with Gasteiger partial charge in [0.25, 0.3) is 0 Å². The van der Waals surface area contributed by atoms with Crippen LogP contribution in [0.15, 0.2) is 35.3 Å². The molecule has 1 aromatic carbocycles. The molecule has 1 atom stereocenters. The van der Waals surface area contributed by atoms with Crippen LogP contribution in [0.3, 0.4) is 0 Å². The van der Waals surface area contributed by atoms with Gasteiger partial charge in [0.2, 0.25) is 5.91 Å². The van der Waals surface area contributed by atoms with Crippen LogP contribution < -0.4 is 5.32 Å². The maximum absolute atomic E-state index is 12.1. The smallest absolute Gasteiger partial charge is 0.223 e. The van der Waals surface area contributed by atoms with Gasteiger partial charge in [-0.25, -0.2) is 0 Å². The summed E-state index contributed by atoms with van der Waals surface area (Å²) in [5, 5.41) is 3.38. The van der Waals surface area contributed by atoms with Crippen LogP contribution in [0, 0.1) is 5.92 Å². The van der Waals surface area contributed by atoms with Crippen molar-refractivity contribution in [1.82, 2.24) is 15.1 Å². The van der Waals surface area contributed by atoms with Gasteiger partial charge >= 0.3 is 0 Å². The molecule has 1 unspecified atom stereocenters. The lowest BCUT2D eigenvalue weighted by atomic mass is 10.1. The Morgan fingerprint density at radius 3 is 2.77 bits per heavy atom. The maximum Gasteiger partial charge on any atom is 0.223 e. The molecule has 0 bridgehead atoms. The molecule has 2 aliphatic heterocycles. The zero-order valence-corrected chi connectivity index (χ0v) is 15.2. The molecule has 0 aliphatic carbocycles. The highest BCUT2D eigenvalue weighted by molar-refractivity contribution is 14.0. The molecule has 120 valence electrons. The van der Waals surface area contributed by atoms with Crippen LogP contribution >= 0.6 is 24.0 Å². The average Bonchev–Trinajstić information content (AvgIpc) is 3.04. The van der Waals surface area contributed by atoms with E-state index in [0.717, 1.165) is 38.7 Å². The predicted octanol–water partition coefficient (Wildman–Crippen LogP) is 1.54. The van der Waals surface area contributed by atoms with Crippen molar-refractivity contribution in [2.45, 2.75) is 13.0 Å². The summed E-state index contributed by atoms with van der Waals surface area (Å²) < 4.78 is 0. The van der Waals surface area contributed by atoms with Crippen molar-refractivity contribution in [2.75, 3.05) is 33.2 Å². The first-order valence-electron chi connectivity index (χ1n) is 7.53. The van der Waals surface area contributed by atoms with E-state index in [0.29, 0.717) is 12.3 Å². The fraction of sp³-hybridized carbons (Fsp3) is 0.500. The van der Waals surface area contributed by atoms with E-state index in [1.54, 1.807) is 0 Å². The van der Waals surface area contributed by atoms with E-state index >= 15 is 0 Å². The highest BCUT2D eigenvalue weighted by Crippen LogP contribution is 2.19. The number of rotatable bonds is 4. The Morgan fingerprint density at radius 2 is 2.09 bits per heavy atom. The van der Waals surface area contributed by atoms with Crippen molar-refractivity contribution < 1.29 is 4.79 Å². The van der Waals surface area contributed by atoms with Gasteiger partial charge in [0.15, 0.2) is 5.96 Å². The molecule has 1 amide bonds. The van der Waals surface area contributed by atoms with Gasteiger partial charge in [-0.05, 0) is 5.56 Å². The second kappa shape index (κ2) is 7.80. The minimum atomic E-state index is 0. The van der Waals surface area contributed by atoms with E-state index in [4.69, 9.17) is 0 Å². The monoisotopic (exact) mass is 414 g/mol. The number of benzene rings is 1. The molecule has 0 spiro atoms. The molecule has 0 saturated carbocycles. The van der Waals surface area contributed by atoms with Gasteiger partial charge in [0.1, 0.15) is 0 Å². The molecule has 1 N–H and O–H groups in total. The lowest BCUT2D eigenvalue weighted by molar-refractivity contribution is -0.128. The van der Waals surface area contributed by atoms with Crippen molar-refractivity contribution >= 4 is 35.8 Å². The number of aliphatic imine (C=N–C) groups is 1. The quantitative estimate of drug-likeness (QED) is 0.761. The number of nitrogens with zero attached hydrogens (tertiary/aromatic N) is 3. The molecule has 2 heterocycles. The van der Waals surface area contributed by atoms with Crippen LogP contribution in [-0.4, -0.2) is 54.9 Å². The summed E-state index contributed by atoms with van der Waals surface area (Å²) >= 11 is 0. The summed E-state index contributed by atoms with van der Waals surface area (Å²) in [6.45, 7) is 4.21. The number of guanidine groups is 1. The molecule has 5 nitrogen and oxygen atoms in total. The van der Waals surface area contributed by atoms with Gasteiger partial charge in [0.05, 0.1) is 6.54 Å². The summed E-state index contributed by atoms with van der Waals surface area (Å²) in [4.78, 5) is 20.6. The zero-order valence-electron chi connectivity index (χ0n) is 12.9. The Hall–Kier alpha value is -1.31. The highest BCUT2D eigenvalue weighted by Gasteiger charge is 2.29. The third-order valence-corrected chi connectivity index (χ3v) is 4.12. The van der Waals surface area contributed by atoms with Crippen LogP contribution in [0.2, 0.25) is 0 Å². The number of hydrogen-bond acceptors (Lipinski definition) is 4. The number of hydrogen-bond donors (Lipinski definition) is 1. The highest BCUT2D eigenvalue weighted by atomic mass is 127. The second-order valence-corrected chi connectivity index (χ2v) is 5.84. The van der Waals surface area contributed by atoms with Gasteiger partial charge in [-0.2, -0.15) is 0 Å². The number of carbonyl (C=O) groups excluding carboxylic acids is 1. The summed E-state index contributed by atoms with van der Waals surface area (Å²) in [7, 11) is 2.04. The average molecular weight is 414 g/mol. The van der Waals surface area contributed by atoms with E-state index in [9.17, 15) is 4.79 Å². The lowest BCUT2D eigenvalue weighted by Crippen LogP contribution is -2.38. The van der Waals surface area contributed by atoms with Gasteiger partial charge in [-0.1, -0.05) is 30.3 Å². The fourth-order valence-electron chi connectivity index (χ4n) is 2.91. The molecule has 0 radical (unpaired) electrons. The van der Waals surface area contributed by atoms with E-state index in [1.807, 2.05) is 30.1 Å². The molecule has 1 aromatic rings. The summed E-state index contributed by atoms with van der Waals surface area (Å²) in [5.41, 5.74) is 1.19. The Kier molecular flexibility index (Phi) is 6.05. The van der Waals surface area contributed by atoms with Crippen molar-refractivity contribution in [3.8, 4) is 0 Å². The minimum Gasteiger partial charge on any atom is -0.356 e. The van der Waals surface area contributed by atoms with Crippen LogP contribution in [0.4, 0.5) is 0 Å². The summed E-state index contributed by atoms with van der Waals surface area (Å²) in [5.74, 6) is 1.59. The Balaban J connectivity index is 0.00000176. The number of halogens is 1. The third-order valence-electron chi connectivity index (χ3n) is 4.12. The normalized spacial score (nSPS) is 20.9. The number of nitrogens with one attached hydrogen (secondary N) is 1. The van der Waals surface area contributed by atoms with Crippen molar-refractivity contribution in [1.29, 1.82) is 0 Å². The van der Waals surface area contributed by atoms with Crippen LogP contribution in [0.5, 0.6) is 0 Å². The minimum absolute atomic E-state index is 0. The van der Waals surface area contributed by atoms with Gasteiger partial charge in [0, 0.05) is 45.6 Å². The predicted molar refractivity (Wildman–Crippen MR) is 98.3 cm³/mol. The summed E-state index contributed by atoms with van der Waals surface area (Å²) in [6, 6.07) is 10.2. The largest absolute Gasteiger partial charge is 0.356 e. The molecule has 0 aromatic heterocycles. The molecule has 1 fully saturated rings. The number of likely N-dealkylation sites (N-methyl/N-ethyl adjacent to an activating group) is 1. The summed E-state index contributed by atoms with van der Waals surface area (Å²) in [6.07, 6.45) is 0.636. The third kappa shape index (κ3) is 4.12. The Morgan fingerprint density at radius 1 is 1.32 bits per heavy atom. The van der Waals surface area contributed by atoms with Crippen molar-refractivity contribution in [2.24, 2.45) is 10.9 Å². The van der Waals surface area contributed by atoms with Crippen LogP contribution in [0.1, 0.15) is 12.0 Å². The first-order chi connectivity index (χ1) is 10.2. The van der Waals surface area contributed by atoms with E-state index in [-0.39, 0.29) is 29.9 Å².